The molecule has 1 nitrogen and oxygen atoms in total. The Labute approximate surface area is 104 Å². The summed E-state index contributed by atoms with van der Waals surface area (Å²) in [6, 6.07) is 0.883. The second-order valence-electron chi connectivity index (χ2n) is 6.06. The van der Waals surface area contributed by atoms with Gasteiger partial charge in [-0.3, -0.25) is 0 Å². The van der Waals surface area contributed by atoms with Crippen LogP contribution in [-0.2, 0) is 0 Å². The first-order valence-corrected chi connectivity index (χ1v) is 8.29. The van der Waals surface area contributed by atoms with Crippen LogP contribution in [0.2, 0.25) is 0 Å². The van der Waals surface area contributed by atoms with Crippen molar-refractivity contribution >= 4 is 11.8 Å². The minimum absolute atomic E-state index is 0.752. The molecule has 0 aromatic carbocycles. The van der Waals surface area contributed by atoms with Gasteiger partial charge >= 0.3 is 0 Å². The lowest BCUT2D eigenvalue weighted by Crippen LogP contribution is -2.55. The van der Waals surface area contributed by atoms with E-state index in [1.165, 1.54) is 70.1 Å². The summed E-state index contributed by atoms with van der Waals surface area (Å²) in [6.45, 7) is 1.29. The molecule has 0 aromatic rings. The van der Waals surface area contributed by atoms with Crippen molar-refractivity contribution in [1.29, 1.82) is 0 Å². The number of nitrogens with one attached hydrogen (secondary N) is 1. The third-order valence-corrected chi connectivity index (χ3v) is 6.53. The van der Waals surface area contributed by atoms with Gasteiger partial charge in [0.15, 0.2) is 0 Å². The first-order valence-electron chi connectivity index (χ1n) is 7.24. The van der Waals surface area contributed by atoms with Crippen LogP contribution < -0.4 is 5.32 Å². The summed E-state index contributed by atoms with van der Waals surface area (Å²) in [7, 11) is 0. The van der Waals surface area contributed by atoms with Gasteiger partial charge in [-0.05, 0) is 49.7 Å². The van der Waals surface area contributed by atoms with Gasteiger partial charge in [0.25, 0.3) is 0 Å². The summed E-state index contributed by atoms with van der Waals surface area (Å²) in [5.74, 6) is 1.40. The molecule has 2 atom stereocenters. The minimum Gasteiger partial charge on any atom is -0.312 e. The second kappa shape index (κ2) is 4.89. The van der Waals surface area contributed by atoms with Crippen LogP contribution in [0.4, 0.5) is 0 Å². The molecule has 0 aromatic heterocycles. The quantitative estimate of drug-likeness (QED) is 0.808. The smallest absolute Gasteiger partial charge is 0.0172 e. The standard InChI is InChI=1S/C14H25NS/c1-2-7-14(8-3-1)9-6-13(14)15-11-12-5-4-10-16-12/h12-13,15H,1-11H2. The maximum atomic E-state index is 3.90. The highest BCUT2D eigenvalue weighted by molar-refractivity contribution is 8.00. The van der Waals surface area contributed by atoms with Crippen LogP contribution in [0.15, 0.2) is 0 Å². The van der Waals surface area contributed by atoms with Gasteiger partial charge in [0.1, 0.15) is 0 Å². The van der Waals surface area contributed by atoms with Crippen molar-refractivity contribution in [2.45, 2.75) is 69.1 Å². The average molecular weight is 239 g/mol. The summed E-state index contributed by atoms with van der Waals surface area (Å²) in [4.78, 5) is 0. The molecule has 3 aliphatic rings. The molecule has 0 amide bonds. The largest absolute Gasteiger partial charge is 0.312 e. The van der Waals surface area contributed by atoms with Crippen LogP contribution in [-0.4, -0.2) is 23.6 Å². The third-order valence-electron chi connectivity index (χ3n) is 5.14. The molecular weight excluding hydrogens is 214 g/mol. The van der Waals surface area contributed by atoms with Gasteiger partial charge in [-0.1, -0.05) is 19.3 Å². The van der Waals surface area contributed by atoms with Gasteiger partial charge < -0.3 is 5.32 Å². The van der Waals surface area contributed by atoms with Crippen molar-refractivity contribution in [3.8, 4) is 0 Å². The van der Waals surface area contributed by atoms with Crippen LogP contribution in [0, 0.1) is 5.41 Å². The molecule has 16 heavy (non-hydrogen) atoms. The van der Waals surface area contributed by atoms with Gasteiger partial charge in [-0.2, -0.15) is 11.8 Å². The van der Waals surface area contributed by atoms with Crippen LogP contribution in [0.3, 0.4) is 0 Å². The highest BCUT2D eigenvalue weighted by Gasteiger charge is 2.46. The van der Waals surface area contributed by atoms with Gasteiger partial charge in [0, 0.05) is 17.8 Å². The molecule has 1 aliphatic heterocycles. The van der Waals surface area contributed by atoms with Crippen LogP contribution in [0.5, 0.6) is 0 Å². The zero-order valence-electron chi connectivity index (χ0n) is 10.3. The van der Waals surface area contributed by atoms with Gasteiger partial charge in [-0.15, -0.1) is 0 Å². The maximum Gasteiger partial charge on any atom is 0.0172 e. The first kappa shape index (κ1) is 11.4. The lowest BCUT2D eigenvalue weighted by atomic mass is 9.57. The normalized spacial score (nSPS) is 37.5. The molecule has 3 fully saturated rings. The van der Waals surface area contributed by atoms with E-state index in [1.54, 1.807) is 0 Å². The molecule has 2 saturated carbocycles. The summed E-state index contributed by atoms with van der Waals surface area (Å²) in [5, 5.41) is 4.83. The van der Waals surface area contributed by atoms with E-state index in [-0.39, 0.29) is 0 Å². The van der Waals surface area contributed by atoms with Gasteiger partial charge in [0.05, 0.1) is 0 Å². The monoisotopic (exact) mass is 239 g/mol. The predicted molar refractivity (Wildman–Crippen MR) is 72.0 cm³/mol. The molecule has 2 unspecified atom stereocenters. The Balaban J connectivity index is 1.47. The Morgan fingerprint density at radius 3 is 2.50 bits per heavy atom. The summed E-state index contributed by atoms with van der Waals surface area (Å²) in [5.41, 5.74) is 0.752. The Morgan fingerprint density at radius 2 is 1.88 bits per heavy atom. The number of thioether (sulfide) groups is 1. The Hall–Kier alpha value is 0.310. The lowest BCUT2D eigenvalue weighted by Gasteiger charge is -2.53. The SMILES string of the molecule is C1CCC2(CC1)CCC2NCC1CCCS1. The molecule has 92 valence electrons. The van der Waals surface area contributed by atoms with Crippen molar-refractivity contribution in [2.75, 3.05) is 12.3 Å². The van der Waals surface area contributed by atoms with E-state index in [4.69, 9.17) is 0 Å². The van der Waals surface area contributed by atoms with Gasteiger partial charge in [0.2, 0.25) is 0 Å². The highest BCUT2D eigenvalue weighted by atomic mass is 32.2. The number of hydrogen-bond acceptors (Lipinski definition) is 2. The molecule has 2 aliphatic carbocycles. The fraction of sp³-hybridized carbons (Fsp3) is 1.00. The minimum atomic E-state index is 0.752. The number of rotatable bonds is 3. The Kier molecular flexibility index (Phi) is 3.49. The summed E-state index contributed by atoms with van der Waals surface area (Å²) in [6.07, 6.45) is 13.4. The zero-order chi connectivity index (χ0) is 10.8. The topological polar surface area (TPSA) is 12.0 Å². The maximum absolute atomic E-state index is 3.90. The third kappa shape index (κ3) is 2.15. The molecular formula is C14H25NS. The average Bonchev–Trinajstić information content (AvgIpc) is 2.82. The molecule has 1 heterocycles. The van der Waals surface area contributed by atoms with E-state index in [2.05, 4.69) is 17.1 Å². The van der Waals surface area contributed by atoms with Gasteiger partial charge in [-0.25, -0.2) is 0 Å². The summed E-state index contributed by atoms with van der Waals surface area (Å²) < 4.78 is 0. The molecule has 2 heteroatoms. The van der Waals surface area contributed by atoms with E-state index in [9.17, 15) is 0 Å². The van der Waals surface area contributed by atoms with Crippen molar-refractivity contribution < 1.29 is 0 Å². The molecule has 3 rings (SSSR count). The highest BCUT2D eigenvalue weighted by Crippen LogP contribution is 2.51. The fourth-order valence-corrected chi connectivity index (χ4v) is 5.16. The molecule has 1 N–H and O–H groups in total. The van der Waals surface area contributed by atoms with Crippen molar-refractivity contribution in [3.05, 3.63) is 0 Å². The fourth-order valence-electron chi connectivity index (χ4n) is 3.95. The van der Waals surface area contributed by atoms with Crippen LogP contribution in [0.25, 0.3) is 0 Å². The van der Waals surface area contributed by atoms with Crippen molar-refractivity contribution in [3.63, 3.8) is 0 Å². The van der Waals surface area contributed by atoms with E-state index in [0.717, 1.165) is 16.7 Å². The Bertz CT molecular complexity index is 229. The van der Waals surface area contributed by atoms with E-state index in [1.807, 2.05) is 0 Å². The molecule has 1 spiro atoms. The second-order valence-corrected chi connectivity index (χ2v) is 7.47. The Morgan fingerprint density at radius 1 is 1.00 bits per heavy atom. The zero-order valence-corrected chi connectivity index (χ0v) is 11.2. The first-order chi connectivity index (χ1) is 7.89. The molecule has 0 bridgehead atoms. The van der Waals surface area contributed by atoms with Crippen molar-refractivity contribution in [1.82, 2.24) is 5.32 Å². The molecule has 1 saturated heterocycles. The molecule has 0 radical (unpaired) electrons. The predicted octanol–water partition coefficient (Wildman–Crippen LogP) is 3.58. The number of hydrogen-bond donors (Lipinski definition) is 1. The van der Waals surface area contributed by atoms with E-state index >= 15 is 0 Å². The van der Waals surface area contributed by atoms with Crippen LogP contribution >= 0.6 is 11.8 Å². The summed E-state index contributed by atoms with van der Waals surface area (Å²) >= 11 is 2.19. The van der Waals surface area contributed by atoms with Crippen molar-refractivity contribution in [2.24, 2.45) is 5.41 Å². The van der Waals surface area contributed by atoms with E-state index in [0.29, 0.717) is 0 Å². The lowest BCUT2D eigenvalue weighted by molar-refractivity contribution is 0.0235. The van der Waals surface area contributed by atoms with E-state index < -0.39 is 0 Å². The van der Waals surface area contributed by atoms with Crippen LogP contribution in [0.1, 0.15) is 57.8 Å².